The minimum absolute atomic E-state index is 0.124. The van der Waals surface area contributed by atoms with Crippen LogP contribution in [-0.2, 0) is 4.79 Å². The van der Waals surface area contributed by atoms with Crippen molar-refractivity contribution in [1.82, 2.24) is 0 Å². The summed E-state index contributed by atoms with van der Waals surface area (Å²) in [4.78, 5) is 13.8. The van der Waals surface area contributed by atoms with Gasteiger partial charge in [0.15, 0.2) is 0 Å². The molecule has 1 aromatic carbocycles. The average molecular weight is 235 g/mol. The van der Waals surface area contributed by atoms with Gasteiger partial charge in [0.1, 0.15) is 0 Å². The number of para-hydroxylation sites is 2. The molecule has 94 valence electrons. The summed E-state index contributed by atoms with van der Waals surface area (Å²) in [6.07, 6.45) is 1.61. The highest BCUT2D eigenvalue weighted by molar-refractivity contribution is 5.97. The second kappa shape index (κ2) is 6.25. The summed E-state index contributed by atoms with van der Waals surface area (Å²) in [5, 5.41) is 2.87. The van der Waals surface area contributed by atoms with E-state index in [1.165, 1.54) is 0 Å². The standard InChI is InChI=1S/C13H21N3O/c1-4-7-10(14)13(17)15-11-8-5-6-9-12(11)16(2)3/h5-6,8-10H,4,7,14H2,1-3H3,(H,15,17)/t10-/m0/s1. The third-order valence-electron chi connectivity index (χ3n) is 2.58. The molecule has 0 aliphatic carbocycles. The Morgan fingerprint density at radius 1 is 1.41 bits per heavy atom. The molecule has 3 N–H and O–H groups in total. The van der Waals surface area contributed by atoms with Gasteiger partial charge in [0.2, 0.25) is 5.91 Å². The zero-order valence-corrected chi connectivity index (χ0v) is 10.7. The van der Waals surface area contributed by atoms with E-state index in [2.05, 4.69) is 5.32 Å². The molecule has 4 nitrogen and oxygen atoms in total. The van der Waals surface area contributed by atoms with Crippen LogP contribution in [0.1, 0.15) is 19.8 Å². The first-order valence-electron chi connectivity index (χ1n) is 5.89. The Hall–Kier alpha value is -1.55. The smallest absolute Gasteiger partial charge is 0.241 e. The summed E-state index contributed by atoms with van der Waals surface area (Å²) in [6, 6.07) is 7.24. The van der Waals surface area contributed by atoms with Crippen LogP contribution in [0.3, 0.4) is 0 Å². The van der Waals surface area contributed by atoms with E-state index in [1.807, 2.05) is 50.2 Å². The number of hydrogen-bond acceptors (Lipinski definition) is 3. The fraction of sp³-hybridized carbons (Fsp3) is 0.462. The summed E-state index contributed by atoms with van der Waals surface area (Å²) in [6.45, 7) is 2.01. The maximum Gasteiger partial charge on any atom is 0.241 e. The van der Waals surface area contributed by atoms with Gasteiger partial charge in [-0.1, -0.05) is 25.5 Å². The monoisotopic (exact) mass is 235 g/mol. The third-order valence-corrected chi connectivity index (χ3v) is 2.58. The van der Waals surface area contributed by atoms with E-state index in [-0.39, 0.29) is 5.91 Å². The Bertz CT molecular complexity index is 377. The Balaban J connectivity index is 2.77. The van der Waals surface area contributed by atoms with Crippen LogP contribution in [0.25, 0.3) is 0 Å². The van der Waals surface area contributed by atoms with Crippen LogP contribution in [0.2, 0.25) is 0 Å². The largest absolute Gasteiger partial charge is 0.376 e. The number of anilines is 2. The predicted octanol–water partition coefficient (Wildman–Crippen LogP) is 1.82. The molecule has 17 heavy (non-hydrogen) atoms. The molecule has 0 aliphatic heterocycles. The number of carbonyl (C=O) groups is 1. The number of amides is 1. The second-order valence-corrected chi connectivity index (χ2v) is 4.30. The summed E-state index contributed by atoms with van der Waals surface area (Å²) >= 11 is 0. The molecule has 0 bridgehead atoms. The lowest BCUT2D eigenvalue weighted by Crippen LogP contribution is -2.35. The Labute approximate surface area is 103 Å². The maximum atomic E-state index is 11.8. The number of hydrogen-bond donors (Lipinski definition) is 2. The lowest BCUT2D eigenvalue weighted by Gasteiger charge is -2.19. The highest BCUT2D eigenvalue weighted by Gasteiger charge is 2.14. The zero-order chi connectivity index (χ0) is 12.8. The fourth-order valence-corrected chi connectivity index (χ4v) is 1.64. The zero-order valence-electron chi connectivity index (χ0n) is 10.7. The normalized spacial score (nSPS) is 12.0. The number of benzene rings is 1. The molecule has 0 fully saturated rings. The minimum Gasteiger partial charge on any atom is -0.376 e. The molecule has 1 atom stereocenters. The number of rotatable bonds is 5. The molecule has 0 heterocycles. The first-order chi connectivity index (χ1) is 8.06. The van der Waals surface area contributed by atoms with Crippen molar-refractivity contribution in [3.8, 4) is 0 Å². The molecular formula is C13H21N3O. The van der Waals surface area contributed by atoms with Crippen LogP contribution in [0.15, 0.2) is 24.3 Å². The number of nitrogens with one attached hydrogen (secondary N) is 1. The summed E-state index contributed by atoms with van der Waals surface area (Å²) in [7, 11) is 3.88. The maximum absolute atomic E-state index is 11.8. The molecule has 0 aromatic heterocycles. The van der Waals surface area contributed by atoms with Crippen molar-refractivity contribution in [3.05, 3.63) is 24.3 Å². The first kappa shape index (κ1) is 13.5. The average Bonchev–Trinajstić information content (AvgIpc) is 2.29. The summed E-state index contributed by atoms with van der Waals surface area (Å²) in [5.41, 5.74) is 7.55. The summed E-state index contributed by atoms with van der Waals surface area (Å²) < 4.78 is 0. The van der Waals surface area contributed by atoms with Crippen LogP contribution in [0.4, 0.5) is 11.4 Å². The van der Waals surface area contributed by atoms with Gasteiger partial charge in [0.25, 0.3) is 0 Å². The molecule has 4 heteroatoms. The number of nitrogens with two attached hydrogens (primary N) is 1. The van der Waals surface area contributed by atoms with E-state index >= 15 is 0 Å². The van der Waals surface area contributed by atoms with Crippen molar-refractivity contribution in [1.29, 1.82) is 0 Å². The van der Waals surface area contributed by atoms with Crippen molar-refractivity contribution < 1.29 is 4.79 Å². The summed E-state index contributed by atoms with van der Waals surface area (Å²) in [5.74, 6) is -0.124. The van der Waals surface area contributed by atoms with E-state index in [1.54, 1.807) is 0 Å². The molecule has 0 saturated carbocycles. The Morgan fingerprint density at radius 2 is 2.06 bits per heavy atom. The van der Waals surface area contributed by atoms with Gasteiger partial charge in [-0.25, -0.2) is 0 Å². The molecule has 1 amide bonds. The van der Waals surface area contributed by atoms with Crippen molar-refractivity contribution in [2.75, 3.05) is 24.3 Å². The second-order valence-electron chi connectivity index (χ2n) is 4.30. The molecule has 0 spiro atoms. The van der Waals surface area contributed by atoms with E-state index in [4.69, 9.17) is 5.73 Å². The molecule has 1 rings (SSSR count). The predicted molar refractivity (Wildman–Crippen MR) is 72.3 cm³/mol. The van der Waals surface area contributed by atoms with Gasteiger partial charge in [-0.15, -0.1) is 0 Å². The highest BCUT2D eigenvalue weighted by Crippen LogP contribution is 2.23. The van der Waals surface area contributed by atoms with E-state index in [9.17, 15) is 4.79 Å². The van der Waals surface area contributed by atoms with Crippen LogP contribution in [-0.4, -0.2) is 26.0 Å². The van der Waals surface area contributed by atoms with Gasteiger partial charge in [-0.3, -0.25) is 4.79 Å². The lowest BCUT2D eigenvalue weighted by atomic mass is 10.1. The van der Waals surface area contributed by atoms with Gasteiger partial charge in [-0.2, -0.15) is 0 Å². The van der Waals surface area contributed by atoms with Gasteiger partial charge in [0, 0.05) is 14.1 Å². The van der Waals surface area contributed by atoms with Gasteiger partial charge >= 0.3 is 0 Å². The number of nitrogens with zero attached hydrogens (tertiary/aromatic N) is 1. The Morgan fingerprint density at radius 3 is 2.65 bits per heavy atom. The van der Waals surface area contributed by atoms with Crippen molar-refractivity contribution >= 4 is 17.3 Å². The molecule has 0 radical (unpaired) electrons. The SMILES string of the molecule is CCC[C@H](N)C(=O)Nc1ccccc1N(C)C. The minimum atomic E-state index is -0.435. The molecule has 1 aromatic rings. The van der Waals surface area contributed by atoms with E-state index in [0.717, 1.165) is 17.8 Å². The number of carbonyl (C=O) groups excluding carboxylic acids is 1. The quantitative estimate of drug-likeness (QED) is 0.818. The van der Waals surface area contributed by atoms with Gasteiger partial charge in [-0.05, 0) is 18.6 Å². The van der Waals surface area contributed by atoms with Crippen molar-refractivity contribution in [2.45, 2.75) is 25.8 Å². The lowest BCUT2D eigenvalue weighted by molar-refractivity contribution is -0.117. The van der Waals surface area contributed by atoms with Crippen LogP contribution < -0.4 is 16.0 Å². The van der Waals surface area contributed by atoms with Crippen molar-refractivity contribution in [3.63, 3.8) is 0 Å². The fourth-order valence-electron chi connectivity index (χ4n) is 1.64. The van der Waals surface area contributed by atoms with Crippen LogP contribution >= 0.6 is 0 Å². The molecular weight excluding hydrogens is 214 g/mol. The molecule has 0 aliphatic rings. The first-order valence-corrected chi connectivity index (χ1v) is 5.89. The van der Waals surface area contributed by atoms with E-state index in [0.29, 0.717) is 6.42 Å². The van der Waals surface area contributed by atoms with Gasteiger partial charge < -0.3 is 16.0 Å². The van der Waals surface area contributed by atoms with Gasteiger partial charge in [0.05, 0.1) is 17.4 Å². The van der Waals surface area contributed by atoms with Crippen LogP contribution in [0.5, 0.6) is 0 Å². The molecule has 0 saturated heterocycles. The molecule has 0 unspecified atom stereocenters. The van der Waals surface area contributed by atoms with Crippen LogP contribution in [0, 0.1) is 0 Å². The highest BCUT2D eigenvalue weighted by atomic mass is 16.2. The third kappa shape index (κ3) is 3.75. The Kier molecular flexibility index (Phi) is 4.97. The van der Waals surface area contributed by atoms with E-state index < -0.39 is 6.04 Å². The van der Waals surface area contributed by atoms with Crippen molar-refractivity contribution in [2.24, 2.45) is 5.73 Å². The topological polar surface area (TPSA) is 58.4 Å².